The van der Waals surface area contributed by atoms with Crippen LogP contribution in [-0.4, -0.2) is 33.2 Å². The Bertz CT molecular complexity index is 398. The molecule has 1 atom stereocenters. The van der Waals surface area contributed by atoms with Crippen molar-refractivity contribution in [2.75, 3.05) is 18.1 Å². The number of pyridine rings is 1. The number of carbonyl (C=O) groups excluding carboxylic acids is 1. The van der Waals surface area contributed by atoms with Gasteiger partial charge in [-0.05, 0) is 12.1 Å². The summed E-state index contributed by atoms with van der Waals surface area (Å²) in [4.78, 5) is 15.4. The van der Waals surface area contributed by atoms with Gasteiger partial charge < -0.3 is 5.32 Å². The van der Waals surface area contributed by atoms with E-state index in [0.717, 1.165) is 0 Å². The molecule has 0 aliphatic carbocycles. The Balaban J connectivity index is 2.44. The summed E-state index contributed by atoms with van der Waals surface area (Å²) in [6, 6.07) is 3.08. The number of hydrogen-bond acceptors (Lipinski definition) is 3. The van der Waals surface area contributed by atoms with Crippen LogP contribution >= 0.6 is 11.6 Å². The minimum absolute atomic E-state index is 0.225. The van der Waals surface area contributed by atoms with Crippen LogP contribution in [0.25, 0.3) is 0 Å². The first kappa shape index (κ1) is 13.1. The number of hydrogen-bond donors (Lipinski definition) is 1. The van der Waals surface area contributed by atoms with Gasteiger partial charge in [-0.3, -0.25) is 9.00 Å². The van der Waals surface area contributed by atoms with Crippen LogP contribution in [0.5, 0.6) is 0 Å². The summed E-state index contributed by atoms with van der Waals surface area (Å²) in [7, 11) is -0.857. The van der Waals surface area contributed by atoms with Gasteiger partial charge in [-0.1, -0.05) is 18.5 Å². The van der Waals surface area contributed by atoms with Gasteiger partial charge in [0.25, 0.3) is 5.91 Å². The average Bonchev–Trinajstić information content (AvgIpc) is 2.28. The van der Waals surface area contributed by atoms with Crippen molar-refractivity contribution >= 4 is 28.3 Å². The second kappa shape index (κ2) is 6.60. The van der Waals surface area contributed by atoms with Crippen LogP contribution in [-0.2, 0) is 10.8 Å². The van der Waals surface area contributed by atoms with E-state index in [0.29, 0.717) is 23.6 Å². The van der Waals surface area contributed by atoms with Gasteiger partial charge in [-0.15, -0.1) is 0 Å². The zero-order valence-electron chi connectivity index (χ0n) is 8.90. The topological polar surface area (TPSA) is 59.1 Å². The third kappa shape index (κ3) is 4.28. The van der Waals surface area contributed by atoms with E-state index in [2.05, 4.69) is 10.3 Å². The standard InChI is InChI=1S/C10H13ClN2O2S/c1-2-16(15)6-5-13-10(14)8-3-4-12-9(11)7-8/h3-4,7H,2,5-6H2,1H3,(H,13,14). The Hall–Kier alpha value is -0.940. The number of nitrogens with one attached hydrogen (secondary N) is 1. The van der Waals surface area contributed by atoms with Crippen LogP contribution in [0.2, 0.25) is 5.15 Å². The van der Waals surface area contributed by atoms with Gasteiger partial charge in [-0.2, -0.15) is 0 Å². The molecule has 1 amide bonds. The molecule has 0 fully saturated rings. The van der Waals surface area contributed by atoms with Crippen LogP contribution in [0.3, 0.4) is 0 Å². The summed E-state index contributed by atoms with van der Waals surface area (Å²) in [5, 5.41) is 2.96. The maximum atomic E-state index is 11.6. The first-order chi connectivity index (χ1) is 7.63. The van der Waals surface area contributed by atoms with Crippen LogP contribution in [0.1, 0.15) is 17.3 Å². The SMILES string of the molecule is CCS(=O)CCNC(=O)c1ccnc(Cl)c1. The fourth-order valence-corrected chi connectivity index (χ4v) is 1.86. The zero-order valence-corrected chi connectivity index (χ0v) is 10.5. The molecule has 6 heteroatoms. The fourth-order valence-electron chi connectivity index (χ4n) is 1.07. The molecule has 1 unspecified atom stereocenters. The summed E-state index contributed by atoms with van der Waals surface area (Å²) in [5.74, 6) is 0.857. The van der Waals surface area contributed by atoms with Crippen LogP contribution < -0.4 is 5.32 Å². The van der Waals surface area contributed by atoms with Crippen molar-refractivity contribution < 1.29 is 9.00 Å². The Morgan fingerprint density at radius 1 is 1.62 bits per heavy atom. The monoisotopic (exact) mass is 260 g/mol. The van der Waals surface area contributed by atoms with Gasteiger partial charge in [-0.25, -0.2) is 4.98 Å². The molecular formula is C10H13ClN2O2S. The largest absolute Gasteiger partial charge is 0.351 e. The summed E-state index contributed by atoms with van der Waals surface area (Å²) in [6.07, 6.45) is 1.47. The lowest BCUT2D eigenvalue weighted by molar-refractivity contribution is 0.0956. The van der Waals surface area contributed by atoms with Gasteiger partial charge >= 0.3 is 0 Å². The smallest absolute Gasteiger partial charge is 0.251 e. The van der Waals surface area contributed by atoms with Crippen LogP contribution in [0.4, 0.5) is 0 Å². The molecule has 0 saturated heterocycles. The number of rotatable bonds is 5. The molecule has 1 aromatic rings. The summed E-state index contributed by atoms with van der Waals surface area (Å²) in [5.41, 5.74) is 0.460. The minimum Gasteiger partial charge on any atom is -0.351 e. The van der Waals surface area contributed by atoms with Crippen molar-refractivity contribution in [3.8, 4) is 0 Å². The highest BCUT2D eigenvalue weighted by Gasteiger charge is 2.06. The van der Waals surface area contributed by atoms with Gasteiger partial charge in [0, 0.05) is 40.6 Å². The van der Waals surface area contributed by atoms with E-state index in [4.69, 9.17) is 11.6 Å². The second-order valence-corrected chi connectivity index (χ2v) is 5.31. The third-order valence-corrected chi connectivity index (χ3v) is 3.44. The highest BCUT2D eigenvalue weighted by atomic mass is 35.5. The first-order valence-corrected chi connectivity index (χ1v) is 6.74. The first-order valence-electron chi connectivity index (χ1n) is 4.88. The molecule has 4 nitrogen and oxygen atoms in total. The minimum atomic E-state index is -0.857. The lowest BCUT2D eigenvalue weighted by Gasteiger charge is -2.04. The Kier molecular flexibility index (Phi) is 5.42. The Morgan fingerprint density at radius 2 is 2.38 bits per heavy atom. The summed E-state index contributed by atoms with van der Waals surface area (Å²) >= 11 is 5.66. The highest BCUT2D eigenvalue weighted by Crippen LogP contribution is 2.06. The normalized spacial score (nSPS) is 12.1. The Labute approximate surface area is 102 Å². The molecule has 1 aromatic heterocycles. The van der Waals surface area contributed by atoms with E-state index in [1.807, 2.05) is 6.92 Å². The summed E-state index contributed by atoms with van der Waals surface area (Å²) in [6.45, 7) is 2.25. The van der Waals surface area contributed by atoms with E-state index in [1.165, 1.54) is 12.3 Å². The van der Waals surface area contributed by atoms with E-state index in [-0.39, 0.29) is 11.1 Å². The van der Waals surface area contributed by atoms with E-state index < -0.39 is 10.8 Å². The van der Waals surface area contributed by atoms with Gasteiger partial charge in [0.1, 0.15) is 5.15 Å². The molecule has 0 saturated carbocycles. The van der Waals surface area contributed by atoms with Crippen molar-refractivity contribution in [2.45, 2.75) is 6.92 Å². The maximum Gasteiger partial charge on any atom is 0.251 e. The van der Waals surface area contributed by atoms with Gasteiger partial charge in [0.2, 0.25) is 0 Å². The Morgan fingerprint density at radius 3 is 3.00 bits per heavy atom. The van der Waals surface area contributed by atoms with Gasteiger partial charge in [0.15, 0.2) is 0 Å². The molecule has 0 aromatic carbocycles. The number of amides is 1. The maximum absolute atomic E-state index is 11.6. The summed E-state index contributed by atoms with van der Waals surface area (Å²) < 4.78 is 11.1. The molecule has 0 aliphatic rings. The fraction of sp³-hybridized carbons (Fsp3) is 0.400. The molecule has 0 aliphatic heterocycles. The molecule has 88 valence electrons. The van der Waals surface area contributed by atoms with E-state index in [1.54, 1.807) is 6.07 Å². The zero-order chi connectivity index (χ0) is 12.0. The van der Waals surface area contributed by atoms with Crippen molar-refractivity contribution in [1.82, 2.24) is 10.3 Å². The third-order valence-electron chi connectivity index (χ3n) is 1.93. The highest BCUT2D eigenvalue weighted by molar-refractivity contribution is 7.84. The van der Waals surface area contributed by atoms with Crippen molar-refractivity contribution in [1.29, 1.82) is 0 Å². The molecule has 1 rings (SSSR count). The molecule has 1 heterocycles. The van der Waals surface area contributed by atoms with Crippen molar-refractivity contribution in [3.63, 3.8) is 0 Å². The van der Waals surface area contributed by atoms with Crippen molar-refractivity contribution in [2.24, 2.45) is 0 Å². The predicted molar refractivity (Wildman–Crippen MR) is 65.1 cm³/mol. The average molecular weight is 261 g/mol. The lowest BCUT2D eigenvalue weighted by atomic mass is 10.2. The number of carbonyl (C=O) groups is 1. The van der Waals surface area contributed by atoms with Crippen LogP contribution in [0, 0.1) is 0 Å². The predicted octanol–water partition coefficient (Wildman–Crippen LogP) is 1.23. The number of nitrogens with zero attached hydrogens (tertiary/aromatic N) is 1. The van der Waals surface area contributed by atoms with Crippen LogP contribution in [0.15, 0.2) is 18.3 Å². The molecule has 1 N–H and O–H groups in total. The number of halogens is 1. The molecular weight excluding hydrogens is 248 g/mol. The lowest BCUT2D eigenvalue weighted by Crippen LogP contribution is -2.28. The second-order valence-electron chi connectivity index (χ2n) is 3.06. The van der Waals surface area contributed by atoms with E-state index >= 15 is 0 Å². The quantitative estimate of drug-likeness (QED) is 0.811. The molecule has 0 spiro atoms. The molecule has 0 radical (unpaired) electrons. The van der Waals surface area contributed by atoms with E-state index in [9.17, 15) is 9.00 Å². The van der Waals surface area contributed by atoms with Gasteiger partial charge in [0.05, 0.1) is 0 Å². The van der Waals surface area contributed by atoms with Crippen molar-refractivity contribution in [3.05, 3.63) is 29.0 Å². The molecule has 0 bridgehead atoms. The molecule has 16 heavy (non-hydrogen) atoms. The number of aromatic nitrogens is 1.